The van der Waals surface area contributed by atoms with Gasteiger partial charge in [-0.3, -0.25) is 9.59 Å². The highest BCUT2D eigenvalue weighted by Gasteiger charge is 2.20. The SMILES string of the molecule is C=[O+]c1ccc(C(=O)CCCCC(=O)NC(Cc2ccc(OC(C)C)cc2)CN2CCCC2)cc1. The number of likely N-dealkylation sites (tertiary alicyclic amines) is 1. The van der Waals surface area contributed by atoms with Crippen molar-refractivity contribution in [2.75, 3.05) is 19.6 Å². The zero-order valence-corrected chi connectivity index (χ0v) is 21.1. The van der Waals surface area contributed by atoms with E-state index in [0.29, 0.717) is 37.0 Å². The van der Waals surface area contributed by atoms with Crippen LogP contribution in [0.2, 0.25) is 0 Å². The minimum absolute atomic E-state index is 0.0540. The van der Waals surface area contributed by atoms with Crippen LogP contribution >= 0.6 is 0 Å². The Kier molecular flexibility index (Phi) is 10.5. The Labute approximate surface area is 209 Å². The number of hydrogen-bond donors (Lipinski definition) is 1. The summed E-state index contributed by atoms with van der Waals surface area (Å²) in [5.41, 5.74) is 1.84. The zero-order valence-electron chi connectivity index (χ0n) is 21.1. The molecule has 35 heavy (non-hydrogen) atoms. The van der Waals surface area contributed by atoms with E-state index < -0.39 is 0 Å². The van der Waals surface area contributed by atoms with Crippen molar-refractivity contribution in [3.8, 4) is 11.5 Å². The van der Waals surface area contributed by atoms with E-state index in [0.717, 1.165) is 31.8 Å². The predicted molar refractivity (Wildman–Crippen MR) is 139 cm³/mol. The minimum Gasteiger partial charge on any atom is -0.491 e. The number of rotatable bonds is 14. The molecular formula is C29H39N2O4+. The van der Waals surface area contributed by atoms with E-state index in [9.17, 15) is 9.59 Å². The molecule has 0 spiro atoms. The molecule has 188 valence electrons. The highest BCUT2D eigenvalue weighted by molar-refractivity contribution is 5.96. The first-order chi connectivity index (χ1) is 16.9. The van der Waals surface area contributed by atoms with E-state index >= 15 is 0 Å². The Morgan fingerprint density at radius 1 is 1.00 bits per heavy atom. The third-order valence-corrected chi connectivity index (χ3v) is 6.22. The summed E-state index contributed by atoms with van der Waals surface area (Å²) < 4.78 is 10.6. The summed E-state index contributed by atoms with van der Waals surface area (Å²) >= 11 is 0. The molecule has 1 amide bonds. The molecule has 6 heteroatoms. The maximum Gasteiger partial charge on any atom is 0.351 e. The number of carbonyl (C=O) groups is 2. The molecule has 0 aromatic heterocycles. The third kappa shape index (κ3) is 9.29. The Bertz CT molecular complexity index is 948. The number of amides is 1. The predicted octanol–water partition coefficient (Wildman–Crippen LogP) is 5.12. The summed E-state index contributed by atoms with van der Waals surface area (Å²) in [7, 11) is 0. The molecule has 1 aliphatic heterocycles. The molecule has 1 atom stereocenters. The molecule has 0 saturated carbocycles. The number of ether oxygens (including phenoxy) is 1. The van der Waals surface area contributed by atoms with Gasteiger partial charge >= 0.3 is 5.75 Å². The molecule has 1 fully saturated rings. The standard InChI is InChI=1S/C29H38N2O4/c1-22(2)35-27-14-10-23(11-15-27)20-25(21-31-18-6-7-19-31)30-29(33)9-5-4-8-28(32)24-12-16-26(34-3)17-13-24/h10-17,22,25H,3-9,18-21H2,1-2H3/p+1. The van der Waals surface area contributed by atoms with E-state index in [1.54, 1.807) is 24.3 Å². The number of ketones is 1. The van der Waals surface area contributed by atoms with E-state index in [1.165, 1.54) is 18.4 Å². The fourth-order valence-electron chi connectivity index (χ4n) is 4.45. The fraction of sp³-hybridized carbons (Fsp3) is 0.483. The van der Waals surface area contributed by atoms with Gasteiger partial charge in [0.25, 0.3) is 6.79 Å². The molecule has 1 saturated heterocycles. The lowest BCUT2D eigenvalue weighted by atomic mass is 10.0. The Hall–Kier alpha value is -2.99. The van der Waals surface area contributed by atoms with Crippen LogP contribution in [0.3, 0.4) is 0 Å². The van der Waals surface area contributed by atoms with Gasteiger partial charge in [0.1, 0.15) is 5.75 Å². The third-order valence-electron chi connectivity index (χ3n) is 6.22. The van der Waals surface area contributed by atoms with Crippen molar-refractivity contribution in [3.63, 3.8) is 0 Å². The topological polar surface area (TPSA) is 69.9 Å². The molecule has 3 rings (SSSR count). The van der Waals surface area contributed by atoms with Crippen LogP contribution in [-0.4, -0.2) is 55.2 Å². The van der Waals surface area contributed by atoms with Gasteiger partial charge in [-0.05, 0) is 88.9 Å². The van der Waals surface area contributed by atoms with Crippen molar-refractivity contribution in [1.29, 1.82) is 0 Å². The normalized spacial score (nSPS) is 14.6. The van der Waals surface area contributed by atoms with E-state index in [-0.39, 0.29) is 23.8 Å². The first kappa shape index (κ1) is 26.6. The van der Waals surface area contributed by atoms with E-state index in [2.05, 4.69) is 29.1 Å². The van der Waals surface area contributed by atoms with Crippen molar-refractivity contribution in [3.05, 3.63) is 59.7 Å². The summed E-state index contributed by atoms with van der Waals surface area (Å²) in [6, 6.07) is 15.2. The van der Waals surface area contributed by atoms with Crippen molar-refractivity contribution in [2.24, 2.45) is 0 Å². The first-order valence-electron chi connectivity index (χ1n) is 12.8. The van der Waals surface area contributed by atoms with Crippen LogP contribution in [0.4, 0.5) is 0 Å². The van der Waals surface area contributed by atoms with Crippen LogP contribution in [-0.2, 0) is 15.6 Å². The number of hydrogen-bond acceptors (Lipinski definition) is 4. The maximum atomic E-state index is 12.7. The zero-order chi connectivity index (χ0) is 25.0. The smallest absolute Gasteiger partial charge is 0.351 e. The van der Waals surface area contributed by atoms with Crippen LogP contribution in [0, 0.1) is 0 Å². The number of benzene rings is 2. The molecule has 6 nitrogen and oxygen atoms in total. The first-order valence-corrected chi connectivity index (χ1v) is 12.8. The highest BCUT2D eigenvalue weighted by atomic mass is 16.5. The number of nitrogens with one attached hydrogen (secondary N) is 1. The molecule has 1 N–H and O–H groups in total. The molecular weight excluding hydrogens is 440 g/mol. The molecule has 1 unspecified atom stereocenters. The second-order valence-corrected chi connectivity index (χ2v) is 9.59. The largest absolute Gasteiger partial charge is 0.491 e. The Morgan fingerprint density at radius 2 is 1.66 bits per heavy atom. The van der Waals surface area contributed by atoms with Crippen molar-refractivity contribution >= 4 is 18.5 Å². The van der Waals surface area contributed by atoms with Gasteiger partial charge in [-0.2, -0.15) is 0 Å². The van der Waals surface area contributed by atoms with Crippen molar-refractivity contribution in [1.82, 2.24) is 10.2 Å². The number of unbranched alkanes of at least 4 members (excludes halogenated alkanes) is 1. The fourth-order valence-corrected chi connectivity index (χ4v) is 4.45. The molecule has 1 heterocycles. The molecule has 0 aliphatic carbocycles. The second-order valence-electron chi connectivity index (χ2n) is 9.59. The van der Waals surface area contributed by atoms with E-state index in [1.807, 2.05) is 26.0 Å². The summed E-state index contributed by atoms with van der Waals surface area (Å²) in [5, 5.41) is 3.26. The summed E-state index contributed by atoms with van der Waals surface area (Å²) in [6.45, 7) is 10.4. The maximum absolute atomic E-state index is 12.7. The Balaban J connectivity index is 1.46. The van der Waals surface area contributed by atoms with Gasteiger partial charge in [0, 0.05) is 43.1 Å². The lowest BCUT2D eigenvalue weighted by Crippen LogP contribution is -2.44. The van der Waals surface area contributed by atoms with Gasteiger partial charge in [0.2, 0.25) is 5.91 Å². The number of Topliss-reactive ketones (excluding diaryl/α,β-unsaturated/α-hetero) is 1. The van der Waals surface area contributed by atoms with Crippen LogP contribution in [0.1, 0.15) is 68.3 Å². The van der Waals surface area contributed by atoms with Crippen LogP contribution in [0.25, 0.3) is 0 Å². The van der Waals surface area contributed by atoms with Gasteiger partial charge in [-0.15, -0.1) is 0 Å². The second kappa shape index (κ2) is 13.8. The summed E-state index contributed by atoms with van der Waals surface area (Å²) in [5.74, 6) is 1.63. The van der Waals surface area contributed by atoms with Crippen LogP contribution in [0.5, 0.6) is 11.5 Å². The minimum atomic E-state index is 0.0540. The molecule has 0 radical (unpaired) electrons. The molecule has 1 aliphatic rings. The number of carbonyl (C=O) groups excluding carboxylic acids is 3. The number of nitrogens with zero attached hydrogens (tertiary/aromatic N) is 1. The Morgan fingerprint density at radius 3 is 2.29 bits per heavy atom. The average Bonchev–Trinajstić information content (AvgIpc) is 3.35. The lowest BCUT2D eigenvalue weighted by molar-refractivity contribution is -0.354. The van der Waals surface area contributed by atoms with Crippen molar-refractivity contribution < 1.29 is 18.8 Å². The van der Waals surface area contributed by atoms with E-state index in [4.69, 9.17) is 9.16 Å². The van der Waals surface area contributed by atoms with Crippen LogP contribution in [0.15, 0.2) is 48.5 Å². The quantitative estimate of drug-likeness (QED) is 0.232. The summed E-state index contributed by atoms with van der Waals surface area (Å²) in [4.78, 5) is 27.5. The summed E-state index contributed by atoms with van der Waals surface area (Å²) in [6.07, 6.45) is 5.62. The van der Waals surface area contributed by atoms with Crippen molar-refractivity contribution in [2.45, 2.75) is 70.9 Å². The monoisotopic (exact) mass is 479 g/mol. The van der Waals surface area contributed by atoms with Gasteiger partial charge < -0.3 is 15.0 Å². The van der Waals surface area contributed by atoms with Gasteiger partial charge in [-0.25, -0.2) is 4.42 Å². The van der Waals surface area contributed by atoms with Gasteiger partial charge in [-0.1, -0.05) is 12.1 Å². The van der Waals surface area contributed by atoms with Gasteiger partial charge in [0.15, 0.2) is 5.78 Å². The molecule has 0 bridgehead atoms. The molecule has 2 aromatic carbocycles. The van der Waals surface area contributed by atoms with Crippen LogP contribution < -0.4 is 10.1 Å². The highest BCUT2D eigenvalue weighted by Crippen LogP contribution is 2.17. The average molecular weight is 480 g/mol. The lowest BCUT2D eigenvalue weighted by Gasteiger charge is -2.25. The molecule has 2 aromatic rings. The van der Waals surface area contributed by atoms with Gasteiger partial charge in [0.05, 0.1) is 6.10 Å².